The Hall–Kier alpha value is -1.35. The van der Waals surface area contributed by atoms with Crippen LogP contribution in [0.4, 0.5) is 5.69 Å². The number of rotatable bonds is 5. The van der Waals surface area contributed by atoms with Gasteiger partial charge in [0.25, 0.3) is 5.91 Å². The van der Waals surface area contributed by atoms with Crippen LogP contribution in [-0.2, 0) is 11.2 Å². The van der Waals surface area contributed by atoms with Crippen LogP contribution in [-0.4, -0.2) is 17.5 Å². The van der Waals surface area contributed by atoms with E-state index in [1.165, 1.54) is 44.1 Å². The predicted molar refractivity (Wildman–Crippen MR) is 96.7 cm³/mol. The Morgan fingerprint density at radius 2 is 1.67 bits per heavy atom. The lowest BCUT2D eigenvalue weighted by molar-refractivity contribution is -0.754. The van der Waals surface area contributed by atoms with Gasteiger partial charge in [0, 0.05) is 24.9 Å². The normalized spacial score (nSPS) is 35.0. The summed E-state index contributed by atoms with van der Waals surface area (Å²) in [4.78, 5) is 12.6. The van der Waals surface area contributed by atoms with Gasteiger partial charge in [0.15, 0.2) is 6.04 Å². The lowest BCUT2D eigenvalue weighted by Crippen LogP contribution is -3.03. The molecule has 4 aliphatic carbocycles. The van der Waals surface area contributed by atoms with Crippen LogP contribution in [0.25, 0.3) is 0 Å². The molecule has 24 heavy (non-hydrogen) atoms. The fraction of sp³-hybridized carbons (Fsp3) is 0.667. The molecule has 3 N–H and O–H groups in total. The van der Waals surface area contributed by atoms with E-state index < -0.39 is 0 Å². The third-order valence-corrected chi connectivity index (χ3v) is 6.73. The largest absolute Gasteiger partial charge is 0.331 e. The molecule has 1 amide bonds. The quantitative estimate of drug-likeness (QED) is 0.857. The standard InChI is InChI=1S/C21H30N2O/c1-3-15-4-6-19(7-5-15)22-20(24)14(2)23-21-11-16-8-17(12-21)10-18(9-16)13-21/h4-7,14,16-18,23H,3,8-13H2,1-2H3,(H,22,24)/p+1/t14-,16?,17?,18?,21?/m1/s1. The summed E-state index contributed by atoms with van der Waals surface area (Å²) in [6, 6.07) is 8.24. The number of anilines is 1. The summed E-state index contributed by atoms with van der Waals surface area (Å²) in [5, 5.41) is 5.53. The van der Waals surface area contributed by atoms with Gasteiger partial charge in [-0.15, -0.1) is 0 Å². The molecule has 1 aromatic rings. The molecule has 5 rings (SSSR count). The second-order valence-corrected chi connectivity index (χ2v) is 8.77. The zero-order chi connectivity index (χ0) is 16.7. The molecular weight excluding hydrogens is 296 g/mol. The molecule has 1 aromatic carbocycles. The van der Waals surface area contributed by atoms with Crippen molar-refractivity contribution in [2.75, 3.05) is 5.32 Å². The van der Waals surface area contributed by atoms with E-state index in [-0.39, 0.29) is 11.9 Å². The summed E-state index contributed by atoms with van der Waals surface area (Å²) in [6.45, 7) is 4.23. The van der Waals surface area contributed by atoms with E-state index in [9.17, 15) is 4.79 Å². The van der Waals surface area contributed by atoms with Gasteiger partial charge in [0.2, 0.25) is 0 Å². The monoisotopic (exact) mass is 327 g/mol. The second-order valence-electron chi connectivity index (χ2n) is 8.77. The number of carbonyl (C=O) groups is 1. The molecule has 0 radical (unpaired) electrons. The molecule has 1 atom stereocenters. The van der Waals surface area contributed by atoms with Crippen molar-refractivity contribution in [2.24, 2.45) is 17.8 Å². The van der Waals surface area contributed by atoms with E-state index in [0.717, 1.165) is 29.9 Å². The Morgan fingerprint density at radius 1 is 1.12 bits per heavy atom. The van der Waals surface area contributed by atoms with E-state index >= 15 is 0 Å². The van der Waals surface area contributed by atoms with Gasteiger partial charge in [0.05, 0.1) is 5.54 Å². The first-order chi connectivity index (χ1) is 11.5. The highest BCUT2D eigenvalue weighted by molar-refractivity contribution is 5.93. The molecule has 130 valence electrons. The first-order valence-corrected chi connectivity index (χ1v) is 9.81. The molecule has 3 nitrogen and oxygen atoms in total. The zero-order valence-electron chi connectivity index (χ0n) is 15.1. The van der Waals surface area contributed by atoms with Gasteiger partial charge in [-0.1, -0.05) is 19.1 Å². The minimum Gasteiger partial charge on any atom is -0.331 e. The number of quaternary nitrogens is 1. The maximum absolute atomic E-state index is 12.6. The maximum atomic E-state index is 12.6. The van der Waals surface area contributed by atoms with E-state index in [0.29, 0.717) is 5.54 Å². The Morgan fingerprint density at radius 3 is 2.17 bits per heavy atom. The van der Waals surface area contributed by atoms with Crippen molar-refractivity contribution in [3.8, 4) is 0 Å². The van der Waals surface area contributed by atoms with Gasteiger partial charge < -0.3 is 10.6 Å². The highest BCUT2D eigenvalue weighted by Gasteiger charge is 2.54. The van der Waals surface area contributed by atoms with Gasteiger partial charge in [-0.2, -0.15) is 0 Å². The number of aryl methyl sites for hydroxylation is 1. The summed E-state index contributed by atoms with van der Waals surface area (Å²) < 4.78 is 0. The van der Waals surface area contributed by atoms with Crippen molar-refractivity contribution < 1.29 is 10.1 Å². The first-order valence-electron chi connectivity index (χ1n) is 9.81. The summed E-state index contributed by atoms with van der Waals surface area (Å²) in [5.41, 5.74) is 2.58. The van der Waals surface area contributed by atoms with Gasteiger partial charge >= 0.3 is 0 Å². The number of hydrogen-bond donors (Lipinski definition) is 2. The molecule has 0 spiro atoms. The molecule has 0 heterocycles. The smallest absolute Gasteiger partial charge is 0.282 e. The lowest BCUT2D eigenvalue weighted by atomic mass is 9.53. The molecule has 0 aromatic heterocycles. The Kier molecular flexibility index (Phi) is 4.16. The van der Waals surface area contributed by atoms with Gasteiger partial charge in [-0.05, 0) is 68.1 Å². The van der Waals surface area contributed by atoms with E-state index in [1.807, 2.05) is 12.1 Å². The predicted octanol–water partition coefficient (Wildman–Crippen LogP) is 3.11. The first kappa shape index (κ1) is 16.1. The van der Waals surface area contributed by atoms with Crippen LogP contribution in [0.5, 0.6) is 0 Å². The van der Waals surface area contributed by atoms with Crippen LogP contribution in [0, 0.1) is 17.8 Å². The van der Waals surface area contributed by atoms with Crippen molar-refractivity contribution in [3.63, 3.8) is 0 Å². The summed E-state index contributed by atoms with van der Waals surface area (Å²) in [6.07, 6.45) is 9.40. The molecule has 0 unspecified atom stereocenters. The second kappa shape index (κ2) is 6.18. The van der Waals surface area contributed by atoms with Crippen LogP contribution >= 0.6 is 0 Å². The van der Waals surface area contributed by atoms with Gasteiger partial charge in [-0.25, -0.2) is 0 Å². The van der Waals surface area contributed by atoms with Crippen molar-refractivity contribution in [1.29, 1.82) is 0 Å². The third kappa shape index (κ3) is 3.11. The molecule has 4 saturated carbocycles. The third-order valence-electron chi connectivity index (χ3n) is 6.73. The number of nitrogens with two attached hydrogens (primary N) is 1. The number of nitrogens with one attached hydrogen (secondary N) is 1. The summed E-state index contributed by atoms with van der Waals surface area (Å²) in [7, 11) is 0. The van der Waals surface area contributed by atoms with Crippen molar-refractivity contribution in [2.45, 2.75) is 70.4 Å². The Labute approximate surface area is 145 Å². The maximum Gasteiger partial charge on any atom is 0.282 e. The topological polar surface area (TPSA) is 45.7 Å². The average molecular weight is 327 g/mol. The number of hydrogen-bond acceptors (Lipinski definition) is 1. The van der Waals surface area contributed by atoms with Crippen molar-refractivity contribution in [1.82, 2.24) is 0 Å². The minimum absolute atomic E-state index is 0.00731. The van der Waals surface area contributed by atoms with Crippen LogP contribution in [0.2, 0.25) is 0 Å². The minimum atomic E-state index is -0.00731. The Bertz CT molecular complexity index is 571. The SMILES string of the molecule is CCc1ccc(NC(=O)[C@@H](C)[NH2+]C23CC4CC(CC(C4)C2)C3)cc1. The number of carbonyl (C=O) groups excluding carboxylic acids is 1. The summed E-state index contributed by atoms with van der Waals surface area (Å²) >= 11 is 0. The van der Waals surface area contributed by atoms with E-state index in [4.69, 9.17) is 0 Å². The van der Waals surface area contributed by atoms with E-state index in [1.54, 1.807) is 0 Å². The Balaban J connectivity index is 1.38. The zero-order valence-corrected chi connectivity index (χ0v) is 15.1. The molecule has 4 fully saturated rings. The van der Waals surface area contributed by atoms with Crippen LogP contribution in [0.3, 0.4) is 0 Å². The van der Waals surface area contributed by atoms with Crippen LogP contribution in [0.1, 0.15) is 57.9 Å². The van der Waals surface area contributed by atoms with Crippen LogP contribution in [0.15, 0.2) is 24.3 Å². The average Bonchev–Trinajstić information content (AvgIpc) is 2.53. The molecule has 0 aliphatic heterocycles. The van der Waals surface area contributed by atoms with E-state index in [2.05, 4.69) is 36.6 Å². The van der Waals surface area contributed by atoms with Crippen molar-refractivity contribution in [3.05, 3.63) is 29.8 Å². The molecule has 3 heteroatoms. The molecule has 4 bridgehead atoms. The summed E-state index contributed by atoms with van der Waals surface area (Å²) in [5.74, 6) is 2.95. The fourth-order valence-electron chi connectivity index (χ4n) is 6.07. The number of benzene rings is 1. The highest BCUT2D eigenvalue weighted by Crippen LogP contribution is 2.54. The molecule has 0 saturated heterocycles. The van der Waals surface area contributed by atoms with Crippen molar-refractivity contribution >= 4 is 11.6 Å². The molecule has 4 aliphatic rings. The van der Waals surface area contributed by atoms with Crippen LogP contribution < -0.4 is 10.6 Å². The van der Waals surface area contributed by atoms with Gasteiger partial charge in [-0.3, -0.25) is 4.79 Å². The fourth-order valence-corrected chi connectivity index (χ4v) is 6.07. The number of amides is 1. The van der Waals surface area contributed by atoms with Gasteiger partial charge in [0.1, 0.15) is 0 Å². The lowest BCUT2D eigenvalue weighted by Gasteiger charge is -2.55. The molecular formula is C21H31N2O+. The highest BCUT2D eigenvalue weighted by atomic mass is 16.2.